The van der Waals surface area contributed by atoms with Gasteiger partial charge in [-0.2, -0.15) is 0 Å². The lowest BCUT2D eigenvalue weighted by molar-refractivity contribution is -0.162. The van der Waals surface area contributed by atoms with Crippen molar-refractivity contribution in [3.8, 4) is 0 Å². The lowest BCUT2D eigenvalue weighted by Gasteiger charge is -2.33. The predicted octanol–water partition coefficient (Wildman–Crippen LogP) is 0.986. The van der Waals surface area contributed by atoms with Gasteiger partial charge in [0.2, 0.25) is 5.60 Å². The molecule has 4 unspecified atom stereocenters. The van der Waals surface area contributed by atoms with Crippen LogP contribution in [0.1, 0.15) is 25.7 Å². The average Bonchev–Trinajstić information content (AvgIpc) is 2.90. The number of hydrogen-bond acceptors (Lipinski definition) is 3. The van der Waals surface area contributed by atoms with Crippen molar-refractivity contribution in [2.45, 2.75) is 31.3 Å². The van der Waals surface area contributed by atoms with Crippen molar-refractivity contribution in [3.63, 3.8) is 0 Å². The van der Waals surface area contributed by atoms with Crippen molar-refractivity contribution in [1.82, 2.24) is 5.32 Å². The number of ether oxygens (including phenoxy) is 1. The second-order valence-corrected chi connectivity index (χ2v) is 5.22. The summed E-state index contributed by atoms with van der Waals surface area (Å²) in [6, 6.07) is 0. The largest absolute Gasteiger partial charge is 0.478 e. The molecule has 2 aliphatic carbocycles. The molecule has 2 bridgehead atoms. The van der Waals surface area contributed by atoms with E-state index in [9.17, 15) is 14.7 Å². The first-order valence-corrected chi connectivity index (χ1v) is 5.82. The van der Waals surface area contributed by atoms with Gasteiger partial charge in [0, 0.05) is 5.92 Å². The summed E-state index contributed by atoms with van der Waals surface area (Å²) in [6.45, 7) is 0.120. The van der Waals surface area contributed by atoms with Crippen LogP contribution in [0.15, 0.2) is 0 Å². The first kappa shape index (κ1) is 9.93. The molecule has 4 atom stereocenters. The third kappa shape index (κ3) is 1.17. The summed E-state index contributed by atoms with van der Waals surface area (Å²) in [7, 11) is 0. The molecule has 3 fully saturated rings. The van der Waals surface area contributed by atoms with Gasteiger partial charge in [0.25, 0.3) is 0 Å². The summed E-state index contributed by atoms with van der Waals surface area (Å²) in [5.74, 6) is 0.0745. The van der Waals surface area contributed by atoms with E-state index in [1.807, 2.05) is 0 Å². The van der Waals surface area contributed by atoms with E-state index in [2.05, 4.69) is 5.32 Å². The molecule has 0 aromatic heterocycles. The van der Waals surface area contributed by atoms with Gasteiger partial charge in [-0.1, -0.05) is 6.42 Å². The van der Waals surface area contributed by atoms with Gasteiger partial charge in [0.05, 0.1) is 6.54 Å². The topological polar surface area (TPSA) is 75.6 Å². The Morgan fingerprint density at radius 3 is 2.69 bits per heavy atom. The quantitative estimate of drug-likeness (QED) is 0.734. The first-order valence-electron chi connectivity index (χ1n) is 5.82. The molecule has 1 aliphatic heterocycles. The molecule has 0 aromatic rings. The van der Waals surface area contributed by atoms with E-state index in [1.165, 1.54) is 6.42 Å². The van der Waals surface area contributed by atoms with Gasteiger partial charge in [-0.25, -0.2) is 9.59 Å². The van der Waals surface area contributed by atoms with Gasteiger partial charge >= 0.3 is 12.1 Å². The van der Waals surface area contributed by atoms with Crippen LogP contribution in [0.2, 0.25) is 0 Å². The molecule has 1 saturated heterocycles. The summed E-state index contributed by atoms with van der Waals surface area (Å²) in [4.78, 5) is 22.5. The highest BCUT2D eigenvalue weighted by atomic mass is 16.6. The first-order chi connectivity index (χ1) is 7.62. The molecular weight excluding hydrogens is 210 g/mol. The lowest BCUT2D eigenvalue weighted by Crippen LogP contribution is -2.51. The van der Waals surface area contributed by atoms with E-state index in [4.69, 9.17) is 4.74 Å². The van der Waals surface area contributed by atoms with Gasteiger partial charge in [-0.05, 0) is 31.1 Å². The molecule has 88 valence electrons. The molecule has 0 spiro atoms. The molecule has 1 amide bonds. The standard InChI is InChI=1S/C11H15NO4/c13-9(14)11(5-12-10(15)16-11)8-4-6-1-2-7(8)3-6/h6-8H,1-5H2,(H,12,15)(H,13,14). The summed E-state index contributed by atoms with van der Waals surface area (Å²) in [5, 5.41) is 11.8. The number of cyclic esters (lactones) is 1. The summed E-state index contributed by atoms with van der Waals surface area (Å²) in [6.07, 6.45) is 3.70. The Labute approximate surface area is 93.2 Å². The molecular formula is C11H15NO4. The number of hydrogen-bond donors (Lipinski definition) is 2. The van der Waals surface area contributed by atoms with Crippen molar-refractivity contribution in [2.24, 2.45) is 17.8 Å². The maximum atomic E-state index is 11.4. The van der Waals surface area contributed by atoms with Crippen LogP contribution in [0.25, 0.3) is 0 Å². The number of carboxylic acid groups (broad SMARTS) is 1. The van der Waals surface area contributed by atoms with Crippen molar-refractivity contribution in [3.05, 3.63) is 0 Å². The predicted molar refractivity (Wildman–Crippen MR) is 53.8 cm³/mol. The van der Waals surface area contributed by atoms with Crippen LogP contribution in [-0.4, -0.2) is 29.3 Å². The monoisotopic (exact) mass is 225 g/mol. The zero-order chi connectivity index (χ0) is 11.3. The zero-order valence-electron chi connectivity index (χ0n) is 8.94. The fourth-order valence-electron chi connectivity index (χ4n) is 3.74. The maximum Gasteiger partial charge on any atom is 0.408 e. The highest BCUT2D eigenvalue weighted by molar-refractivity contribution is 5.85. The number of fused-ring (bicyclic) bond motifs is 2. The number of amides is 1. The van der Waals surface area contributed by atoms with Crippen LogP contribution in [0.4, 0.5) is 4.79 Å². The van der Waals surface area contributed by atoms with E-state index in [1.54, 1.807) is 0 Å². The van der Waals surface area contributed by atoms with E-state index in [-0.39, 0.29) is 12.5 Å². The number of carboxylic acids is 1. The highest BCUT2D eigenvalue weighted by Gasteiger charge is 2.59. The van der Waals surface area contributed by atoms with E-state index < -0.39 is 17.7 Å². The number of carbonyl (C=O) groups is 2. The SMILES string of the molecule is O=C1NCC(C(=O)O)(C2CC3CCC2C3)O1. The normalized spacial score (nSPS) is 45.5. The fraction of sp³-hybridized carbons (Fsp3) is 0.818. The van der Waals surface area contributed by atoms with Crippen LogP contribution in [0, 0.1) is 17.8 Å². The molecule has 16 heavy (non-hydrogen) atoms. The number of rotatable bonds is 2. The van der Waals surface area contributed by atoms with Gasteiger partial charge < -0.3 is 15.2 Å². The van der Waals surface area contributed by atoms with Crippen LogP contribution < -0.4 is 5.32 Å². The summed E-state index contributed by atoms with van der Waals surface area (Å²) < 4.78 is 5.10. The van der Waals surface area contributed by atoms with Crippen molar-refractivity contribution in [2.75, 3.05) is 6.54 Å². The second kappa shape index (κ2) is 3.12. The van der Waals surface area contributed by atoms with Gasteiger partial charge in [-0.3, -0.25) is 0 Å². The fourth-order valence-corrected chi connectivity index (χ4v) is 3.74. The number of aliphatic carboxylic acids is 1. The van der Waals surface area contributed by atoms with Gasteiger partial charge in [0.15, 0.2) is 0 Å². The minimum Gasteiger partial charge on any atom is -0.478 e. The van der Waals surface area contributed by atoms with Crippen LogP contribution in [0.5, 0.6) is 0 Å². The van der Waals surface area contributed by atoms with E-state index in [0.29, 0.717) is 11.8 Å². The van der Waals surface area contributed by atoms with Gasteiger partial charge in [0.1, 0.15) is 0 Å². The molecule has 0 radical (unpaired) electrons. The Balaban J connectivity index is 1.89. The Hall–Kier alpha value is -1.26. The third-order valence-electron chi connectivity index (χ3n) is 4.47. The van der Waals surface area contributed by atoms with Crippen LogP contribution in [0.3, 0.4) is 0 Å². The van der Waals surface area contributed by atoms with Crippen LogP contribution >= 0.6 is 0 Å². The Bertz CT molecular complexity index is 356. The van der Waals surface area contributed by atoms with Crippen molar-refractivity contribution < 1.29 is 19.4 Å². The van der Waals surface area contributed by atoms with Crippen molar-refractivity contribution in [1.29, 1.82) is 0 Å². The number of carbonyl (C=O) groups excluding carboxylic acids is 1. The van der Waals surface area contributed by atoms with E-state index >= 15 is 0 Å². The summed E-state index contributed by atoms with van der Waals surface area (Å²) >= 11 is 0. The Kier molecular flexibility index (Phi) is 1.94. The second-order valence-electron chi connectivity index (χ2n) is 5.22. The van der Waals surface area contributed by atoms with E-state index in [0.717, 1.165) is 19.3 Å². The zero-order valence-corrected chi connectivity index (χ0v) is 8.94. The molecule has 0 aromatic carbocycles. The Morgan fingerprint density at radius 2 is 2.25 bits per heavy atom. The lowest BCUT2D eigenvalue weighted by atomic mass is 9.76. The summed E-state index contributed by atoms with van der Waals surface area (Å²) in [5.41, 5.74) is -1.29. The number of nitrogens with one attached hydrogen (secondary N) is 1. The highest BCUT2D eigenvalue weighted by Crippen LogP contribution is 2.53. The molecule has 1 heterocycles. The minimum atomic E-state index is -1.29. The maximum absolute atomic E-state index is 11.4. The van der Waals surface area contributed by atoms with Gasteiger partial charge in [-0.15, -0.1) is 0 Å². The molecule has 3 aliphatic rings. The third-order valence-corrected chi connectivity index (χ3v) is 4.47. The average molecular weight is 225 g/mol. The number of alkyl carbamates (subject to hydrolysis) is 1. The smallest absolute Gasteiger partial charge is 0.408 e. The molecule has 3 rings (SSSR count). The molecule has 2 N–H and O–H groups in total. The molecule has 5 heteroatoms. The molecule has 5 nitrogen and oxygen atoms in total. The minimum absolute atomic E-state index is 0.00250. The molecule has 2 saturated carbocycles. The van der Waals surface area contributed by atoms with Crippen molar-refractivity contribution >= 4 is 12.1 Å². The Morgan fingerprint density at radius 1 is 1.44 bits per heavy atom. The van der Waals surface area contributed by atoms with Crippen LogP contribution in [-0.2, 0) is 9.53 Å².